The van der Waals surface area contributed by atoms with Gasteiger partial charge in [-0.15, -0.1) is 16.7 Å². The van der Waals surface area contributed by atoms with Crippen LogP contribution in [0.1, 0.15) is 0 Å². The Morgan fingerprint density at radius 3 is 2.95 bits per heavy atom. The minimum Gasteiger partial charge on any atom is -0.497 e. The van der Waals surface area contributed by atoms with E-state index >= 15 is 0 Å². The van der Waals surface area contributed by atoms with Gasteiger partial charge in [-0.3, -0.25) is 0 Å². The van der Waals surface area contributed by atoms with E-state index < -0.39 is 6.10 Å². The molecule has 1 aromatic carbocycles. The minimum atomic E-state index is -0.607. The Labute approximate surface area is 115 Å². The second-order valence-corrected chi connectivity index (χ2v) is 4.17. The Balaban J connectivity index is 2.21. The molecule has 0 aliphatic rings. The summed E-state index contributed by atoms with van der Waals surface area (Å²) in [6.07, 6.45) is 0.885. The molecule has 0 saturated carbocycles. The highest BCUT2D eigenvalue weighted by Crippen LogP contribution is 2.22. The fraction of sp³-hybridized carbons (Fsp3) is 0.364. The van der Waals surface area contributed by atoms with Crippen LogP contribution in [0.3, 0.4) is 0 Å². The first-order valence-corrected chi connectivity index (χ1v) is 6.16. The van der Waals surface area contributed by atoms with Crippen molar-refractivity contribution in [1.82, 2.24) is 20.2 Å². The SMILES string of the molecule is COc1cc(NCC(O)CCl)cc(-n2cnnn2)c1. The molecule has 8 heteroatoms. The van der Waals surface area contributed by atoms with Gasteiger partial charge in [-0.05, 0) is 16.5 Å². The number of alkyl halides is 1. The zero-order chi connectivity index (χ0) is 13.7. The summed E-state index contributed by atoms with van der Waals surface area (Å²) in [6.45, 7) is 0.353. The van der Waals surface area contributed by atoms with Crippen LogP contribution < -0.4 is 10.1 Å². The largest absolute Gasteiger partial charge is 0.497 e. The molecule has 0 fully saturated rings. The Morgan fingerprint density at radius 1 is 1.47 bits per heavy atom. The van der Waals surface area contributed by atoms with Crippen LogP contribution in [0, 0.1) is 0 Å². The second-order valence-electron chi connectivity index (χ2n) is 3.86. The number of hydrogen-bond acceptors (Lipinski definition) is 6. The van der Waals surface area contributed by atoms with Crippen LogP contribution in [0.5, 0.6) is 5.75 Å². The maximum atomic E-state index is 9.44. The maximum absolute atomic E-state index is 9.44. The lowest BCUT2D eigenvalue weighted by atomic mass is 10.2. The zero-order valence-electron chi connectivity index (χ0n) is 10.3. The van der Waals surface area contributed by atoms with Gasteiger partial charge in [-0.1, -0.05) is 0 Å². The first-order chi connectivity index (χ1) is 9.22. The molecule has 1 atom stereocenters. The van der Waals surface area contributed by atoms with E-state index in [1.807, 2.05) is 12.1 Å². The molecular weight excluding hydrogens is 270 g/mol. The molecule has 0 aliphatic heterocycles. The first kappa shape index (κ1) is 13.6. The third-order valence-corrected chi connectivity index (χ3v) is 2.82. The Morgan fingerprint density at radius 2 is 2.32 bits per heavy atom. The van der Waals surface area contributed by atoms with Crippen LogP contribution in [0.25, 0.3) is 5.69 Å². The molecule has 2 aromatic rings. The molecule has 7 nitrogen and oxygen atoms in total. The van der Waals surface area contributed by atoms with Crippen molar-refractivity contribution in [2.45, 2.75) is 6.10 Å². The molecule has 1 heterocycles. The van der Waals surface area contributed by atoms with Gasteiger partial charge in [0.15, 0.2) is 0 Å². The monoisotopic (exact) mass is 283 g/mol. The fourth-order valence-corrected chi connectivity index (χ4v) is 1.61. The molecule has 0 radical (unpaired) electrons. The van der Waals surface area contributed by atoms with Crippen LogP contribution in [-0.2, 0) is 0 Å². The van der Waals surface area contributed by atoms with Gasteiger partial charge in [0, 0.05) is 24.4 Å². The predicted octanol–water partition coefficient (Wildman–Crippen LogP) is 0.682. The van der Waals surface area contributed by atoms with E-state index in [4.69, 9.17) is 16.3 Å². The number of nitrogens with one attached hydrogen (secondary N) is 1. The highest BCUT2D eigenvalue weighted by Gasteiger charge is 2.06. The van der Waals surface area contributed by atoms with E-state index in [0.29, 0.717) is 12.3 Å². The lowest BCUT2D eigenvalue weighted by Gasteiger charge is -2.12. The van der Waals surface area contributed by atoms with Crippen molar-refractivity contribution in [3.05, 3.63) is 24.5 Å². The quantitative estimate of drug-likeness (QED) is 0.759. The van der Waals surface area contributed by atoms with Crippen LogP contribution in [0.2, 0.25) is 0 Å². The first-order valence-electron chi connectivity index (χ1n) is 5.63. The number of methoxy groups -OCH3 is 1. The topological polar surface area (TPSA) is 85.1 Å². The molecule has 2 rings (SSSR count). The molecule has 19 heavy (non-hydrogen) atoms. The van der Waals surface area contributed by atoms with Gasteiger partial charge in [0.05, 0.1) is 24.8 Å². The Kier molecular flexibility index (Phi) is 4.53. The number of ether oxygens (including phenoxy) is 1. The fourth-order valence-electron chi connectivity index (χ4n) is 1.51. The number of halogens is 1. The van der Waals surface area contributed by atoms with Gasteiger partial charge in [0.1, 0.15) is 12.1 Å². The van der Waals surface area contributed by atoms with E-state index in [-0.39, 0.29) is 5.88 Å². The van der Waals surface area contributed by atoms with E-state index in [9.17, 15) is 5.11 Å². The molecule has 1 unspecified atom stereocenters. The predicted molar refractivity (Wildman–Crippen MR) is 70.9 cm³/mol. The van der Waals surface area contributed by atoms with Gasteiger partial charge < -0.3 is 15.2 Å². The summed E-state index contributed by atoms with van der Waals surface area (Å²) in [5.74, 6) is 0.840. The van der Waals surface area contributed by atoms with Crippen molar-refractivity contribution < 1.29 is 9.84 Å². The van der Waals surface area contributed by atoms with Crippen LogP contribution >= 0.6 is 11.6 Å². The standard InChI is InChI=1S/C11H14ClN5O2/c1-19-11-3-8(13-6-10(18)5-12)2-9(4-11)17-7-14-15-16-17/h2-4,7,10,13,18H,5-6H2,1H3. The smallest absolute Gasteiger partial charge is 0.143 e. The number of hydrogen-bond donors (Lipinski definition) is 2. The van der Waals surface area contributed by atoms with Crippen LogP contribution in [-0.4, -0.2) is 51.0 Å². The number of rotatable bonds is 6. The molecule has 0 aliphatic carbocycles. The Hall–Kier alpha value is -1.86. The number of aliphatic hydroxyl groups excluding tert-OH is 1. The van der Waals surface area contributed by atoms with Crippen molar-refractivity contribution >= 4 is 17.3 Å². The summed E-state index contributed by atoms with van der Waals surface area (Å²) < 4.78 is 6.74. The summed E-state index contributed by atoms with van der Waals surface area (Å²) in [5, 5.41) is 23.5. The molecule has 0 amide bonds. The molecule has 2 N–H and O–H groups in total. The van der Waals surface area contributed by atoms with Gasteiger partial charge in [-0.25, -0.2) is 4.68 Å². The average molecular weight is 284 g/mol. The Bertz CT molecular complexity index is 520. The molecule has 0 spiro atoms. The van der Waals surface area contributed by atoms with Crippen molar-refractivity contribution in [2.24, 2.45) is 0 Å². The van der Waals surface area contributed by atoms with Crippen molar-refractivity contribution in [3.63, 3.8) is 0 Å². The molecule has 0 bridgehead atoms. The van der Waals surface area contributed by atoms with Crippen LogP contribution in [0.15, 0.2) is 24.5 Å². The third-order valence-electron chi connectivity index (χ3n) is 2.46. The number of aromatic nitrogens is 4. The van der Waals surface area contributed by atoms with E-state index in [1.54, 1.807) is 13.2 Å². The lowest BCUT2D eigenvalue weighted by Crippen LogP contribution is -2.20. The summed E-state index contributed by atoms with van der Waals surface area (Å²) in [5.41, 5.74) is 1.54. The van der Waals surface area contributed by atoms with Crippen molar-refractivity contribution in [3.8, 4) is 11.4 Å². The van der Waals surface area contributed by atoms with Gasteiger partial charge >= 0.3 is 0 Å². The number of nitrogens with zero attached hydrogens (tertiary/aromatic N) is 4. The number of benzene rings is 1. The highest BCUT2D eigenvalue weighted by molar-refractivity contribution is 6.18. The minimum absolute atomic E-state index is 0.177. The van der Waals surface area contributed by atoms with Gasteiger partial charge in [0.2, 0.25) is 0 Å². The normalized spacial score (nSPS) is 12.2. The number of anilines is 1. The summed E-state index contributed by atoms with van der Waals surface area (Å²) >= 11 is 5.54. The number of tetrazole rings is 1. The van der Waals surface area contributed by atoms with Gasteiger partial charge in [0.25, 0.3) is 0 Å². The van der Waals surface area contributed by atoms with Crippen molar-refractivity contribution in [2.75, 3.05) is 24.9 Å². The van der Waals surface area contributed by atoms with Gasteiger partial charge in [-0.2, -0.15) is 0 Å². The molecule has 0 saturated heterocycles. The van der Waals surface area contributed by atoms with E-state index in [0.717, 1.165) is 11.4 Å². The molecule has 102 valence electrons. The lowest BCUT2D eigenvalue weighted by molar-refractivity contribution is 0.211. The number of aliphatic hydroxyl groups is 1. The molecular formula is C11H14ClN5O2. The van der Waals surface area contributed by atoms with Crippen LogP contribution in [0.4, 0.5) is 5.69 Å². The van der Waals surface area contributed by atoms with E-state index in [1.165, 1.54) is 11.0 Å². The second kappa shape index (κ2) is 6.35. The van der Waals surface area contributed by atoms with E-state index in [2.05, 4.69) is 20.8 Å². The summed E-state index contributed by atoms with van der Waals surface area (Å²) in [7, 11) is 1.58. The summed E-state index contributed by atoms with van der Waals surface area (Å²) in [4.78, 5) is 0. The maximum Gasteiger partial charge on any atom is 0.143 e. The summed E-state index contributed by atoms with van der Waals surface area (Å²) in [6, 6.07) is 5.47. The molecule has 1 aromatic heterocycles. The zero-order valence-corrected chi connectivity index (χ0v) is 11.1. The highest BCUT2D eigenvalue weighted by atomic mass is 35.5. The third kappa shape index (κ3) is 3.55. The average Bonchev–Trinajstić information content (AvgIpc) is 2.98. The van der Waals surface area contributed by atoms with Crippen molar-refractivity contribution in [1.29, 1.82) is 0 Å².